The molecule has 0 radical (unpaired) electrons. The molecule has 0 aliphatic heterocycles. The molecule has 7 nitrogen and oxygen atoms in total. The van der Waals surface area contributed by atoms with E-state index in [1.807, 2.05) is 10.9 Å². The van der Waals surface area contributed by atoms with Crippen molar-refractivity contribution in [2.75, 3.05) is 6.61 Å². The van der Waals surface area contributed by atoms with Crippen LogP contribution in [0.25, 0.3) is 0 Å². The van der Waals surface area contributed by atoms with Gasteiger partial charge in [-0.25, -0.2) is 0 Å². The number of Topliss-reactive ketones (excluding diaryl/α,β-unsaturated/α-hetero) is 1. The number of hydrogen-bond acceptors (Lipinski definition) is 6. The maximum atomic E-state index is 11.9. The summed E-state index contributed by atoms with van der Waals surface area (Å²) >= 11 is 0. The van der Waals surface area contributed by atoms with Crippen molar-refractivity contribution in [1.29, 1.82) is 0 Å². The summed E-state index contributed by atoms with van der Waals surface area (Å²) in [4.78, 5) is 23.6. The highest BCUT2D eigenvalue weighted by molar-refractivity contribution is 7.57. The molecule has 0 aliphatic carbocycles. The monoisotopic (exact) mass is 414 g/mol. The Labute approximate surface area is 170 Å². The fourth-order valence-corrected chi connectivity index (χ4v) is 3.97. The van der Waals surface area contributed by atoms with Crippen molar-refractivity contribution in [3.05, 3.63) is 11.9 Å². The third-order valence-corrected chi connectivity index (χ3v) is 5.37. The van der Waals surface area contributed by atoms with Gasteiger partial charge in [0, 0.05) is 33.2 Å². The average Bonchev–Trinajstić information content (AvgIpc) is 3.00. The maximum Gasteiger partial charge on any atom is 0.133 e. The maximum absolute atomic E-state index is 11.9. The number of carbonyl (C=O) groups excluding carboxylic acids is 1. The summed E-state index contributed by atoms with van der Waals surface area (Å²) in [5.41, 5.74) is 0.948. The van der Waals surface area contributed by atoms with Crippen molar-refractivity contribution in [3.8, 4) is 0 Å². The Bertz CT molecular complexity index is 616. The molecule has 1 atom stereocenters. The number of nitrogens with zero attached hydrogens (tertiary/aromatic N) is 3. The number of rotatable bonds is 16. The Morgan fingerprint density at radius 3 is 2.64 bits per heavy atom. The summed E-state index contributed by atoms with van der Waals surface area (Å²) in [6.45, 7) is 8.94. The molecule has 0 aliphatic rings. The van der Waals surface area contributed by atoms with Gasteiger partial charge in [0.05, 0.1) is 18.4 Å². The highest BCUT2D eigenvalue weighted by Crippen LogP contribution is 2.39. The van der Waals surface area contributed by atoms with Crippen LogP contribution in [0.1, 0.15) is 78.3 Å². The summed E-state index contributed by atoms with van der Waals surface area (Å²) < 4.78 is 12.3. The van der Waals surface area contributed by atoms with Crippen LogP contribution < -0.4 is 4.89 Å². The van der Waals surface area contributed by atoms with Gasteiger partial charge in [-0.05, 0) is 51.9 Å². The van der Waals surface area contributed by atoms with E-state index in [4.69, 9.17) is 9.05 Å². The van der Waals surface area contributed by atoms with E-state index in [2.05, 4.69) is 30.5 Å². The number of aryl methyl sites for hydroxylation is 2. The molecule has 0 fully saturated rings. The number of hydrogen-bond donors (Lipinski definition) is 0. The first-order valence-corrected chi connectivity index (χ1v) is 12.1. The first-order chi connectivity index (χ1) is 13.2. The lowest BCUT2D eigenvalue weighted by Gasteiger charge is -2.31. The Hall–Kier alpha value is -1.01. The zero-order valence-electron chi connectivity index (χ0n) is 17.9. The largest absolute Gasteiger partial charge is 0.789 e. The minimum absolute atomic E-state index is 0.168. The van der Waals surface area contributed by atoms with Gasteiger partial charge >= 0.3 is 0 Å². The first kappa shape index (κ1) is 25.0. The molecule has 0 N–H and O–H groups in total. The summed E-state index contributed by atoms with van der Waals surface area (Å²) in [6.07, 6.45) is 12.1. The predicted molar refractivity (Wildman–Crippen MR) is 112 cm³/mol. The van der Waals surface area contributed by atoms with E-state index < -0.39 is 7.57 Å². The zero-order chi connectivity index (χ0) is 21.0. The van der Waals surface area contributed by atoms with Crippen LogP contribution in [0.4, 0.5) is 0 Å². The molecule has 1 heterocycles. The Balaban J connectivity index is 2.11. The van der Waals surface area contributed by atoms with Gasteiger partial charge in [0.15, 0.2) is 0 Å². The molecule has 0 saturated heterocycles. The molecule has 1 rings (SSSR count). The van der Waals surface area contributed by atoms with Crippen LogP contribution in [-0.4, -0.2) is 39.8 Å². The highest BCUT2D eigenvalue weighted by Gasteiger charge is 2.06. The second-order valence-electron chi connectivity index (χ2n) is 7.98. The zero-order valence-corrected chi connectivity index (χ0v) is 18.8. The number of carbonyl (C=O) groups is 1. The predicted octanol–water partition coefficient (Wildman–Crippen LogP) is 3.77. The number of ketones is 1. The topological polar surface area (TPSA) is 89.3 Å². The lowest BCUT2D eigenvalue weighted by molar-refractivity contribution is -0.210. The Morgan fingerprint density at radius 1 is 1.21 bits per heavy atom. The molecule has 28 heavy (non-hydrogen) atoms. The quantitative estimate of drug-likeness (QED) is 0.302. The molecule has 0 amide bonds. The van der Waals surface area contributed by atoms with Crippen LogP contribution in [0.5, 0.6) is 0 Å². The normalized spacial score (nSPS) is 14.0. The van der Waals surface area contributed by atoms with E-state index >= 15 is 0 Å². The summed E-state index contributed by atoms with van der Waals surface area (Å²) in [6, 6.07) is 0. The van der Waals surface area contributed by atoms with Gasteiger partial charge in [0.25, 0.3) is 0 Å². The molecule has 1 unspecified atom stereocenters. The number of unbranched alkanes of at least 4 members (excludes halogenated alkanes) is 3. The standard InChI is InChI=1S/C20H37N3O4P/c1-17(2)15-20(24)12-7-6-9-13-23-16-19(21-22-23)11-8-10-14-26-28(5,25)27-18(3)4/h16-18H,5-15H2,1-4H3/q-1. The molecule has 8 heteroatoms. The first-order valence-electron chi connectivity index (χ1n) is 10.4. The van der Waals surface area contributed by atoms with Crippen molar-refractivity contribution in [2.24, 2.45) is 5.92 Å². The molecule has 1 aromatic heterocycles. The molecular formula is C20H37N3O4P-. The van der Waals surface area contributed by atoms with Crippen LogP contribution in [0.15, 0.2) is 6.20 Å². The van der Waals surface area contributed by atoms with Gasteiger partial charge in [-0.15, -0.1) is 5.10 Å². The van der Waals surface area contributed by atoms with Crippen LogP contribution in [0.2, 0.25) is 0 Å². The third kappa shape index (κ3) is 12.4. The highest BCUT2D eigenvalue weighted by atomic mass is 31.2. The fraction of sp³-hybridized carbons (Fsp3) is 0.800. The van der Waals surface area contributed by atoms with Gasteiger partial charge in [-0.3, -0.25) is 9.48 Å². The van der Waals surface area contributed by atoms with Crippen LogP contribution >= 0.6 is 7.57 Å². The SMILES string of the molecule is C=P([O-])(OCCCCc1cn(CCCCCC(=O)CC(C)C)nn1)OC(C)C. The van der Waals surface area contributed by atoms with E-state index in [9.17, 15) is 9.69 Å². The van der Waals surface area contributed by atoms with E-state index in [0.29, 0.717) is 31.1 Å². The Morgan fingerprint density at radius 2 is 1.96 bits per heavy atom. The van der Waals surface area contributed by atoms with Gasteiger partial charge in [-0.2, -0.15) is 0 Å². The van der Waals surface area contributed by atoms with Gasteiger partial charge in [-0.1, -0.05) is 31.8 Å². The van der Waals surface area contributed by atoms with Gasteiger partial charge in [0.2, 0.25) is 0 Å². The number of aromatic nitrogens is 3. The molecular weight excluding hydrogens is 377 g/mol. The van der Waals surface area contributed by atoms with E-state index in [0.717, 1.165) is 50.8 Å². The second-order valence-corrected chi connectivity index (χ2v) is 9.67. The van der Waals surface area contributed by atoms with Crippen molar-refractivity contribution in [1.82, 2.24) is 15.0 Å². The van der Waals surface area contributed by atoms with Gasteiger partial charge < -0.3 is 13.9 Å². The molecule has 0 aromatic carbocycles. The van der Waals surface area contributed by atoms with Crippen molar-refractivity contribution >= 4 is 19.6 Å². The Kier molecular flexibility index (Phi) is 11.8. The smallest absolute Gasteiger partial charge is 0.133 e. The third-order valence-electron chi connectivity index (χ3n) is 4.05. The summed E-state index contributed by atoms with van der Waals surface area (Å²) in [5, 5.41) is 8.34. The summed E-state index contributed by atoms with van der Waals surface area (Å²) in [5.74, 6) is 0.817. The van der Waals surface area contributed by atoms with Crippen molar-refractivity contribution < 1.29 is 18.7 Å². The van der Waals surface area contributed by atoms with E-state index in [1.165, 1.54) is 0 Å². The lowest BCUT2D eigenvalue weighted by Crippen LogP contribution is -2.13. The summed E-state index contributed by atoms with van der Waals surface area (Å²) in [7, 11) is -3.19. The minimum Gasteiger partial charge on any atom is -0.789 e. The van der Waals surface area contributed by atoms with E-state index in [-0.39, 0.29) is 6.10 Å². The molecule has 0 bridgehead atoms. The van der Waals surface area contributed by atoms with Crippen molar-refractivity contribution in [3.63, 3.8) is 0 Å². The lowest BCUT2D eigenvalue weighted by atomic mass is 10.0. The molecule has 1 aromatic rings. The minimum atomic E-state index is -3.19. The second kappa shape index (κ2) is 13.3. The average molecular weight is 415 g/mol. The molecule has 0 saturated carbocycles. The molecule has 0 spiro atoms. The van der Waals surface area contributed by atoms with Crippen LogP contribution in [-0.2, 0) is 26.8 Å². The van der Waals surface area contributed by atoms with Crippen LogP contribution in [0.3, 0.4) is 0 Å². The van der Waals surface area contributed by atoms with E-state index in [1.54, 1.807) is 13.8 Å². The van der Waals surface area contributed by atoms with Gasteiger partial charge in [0.1, 0.15) is 5.78 Å². The molecule has 162 valence electrons. The fourth-order valence-electron chi connectivity index (χ4n) is 2.86. The van der Waals surface area contributed by atoms with Crippen LogP contribution in [0, 0.1) is 5.92 Å². The van der Waals surface area contributed by atoms with Crippen molar-refractivity contribution in [2.45, 2.75) is 91.7 Å².